The molecule has 3 N–H and O–H groups in total. The third-order valence-electron chi connectivity index (χ3n) is 4.99. The summed E-state index contributed by atoms with van der Waals surface area (Å²) in [5.41, 5.74) is 8.46. The molecule has 0 bridgehead atoms. The summed E-state index contributed by atoms with van der Waals surface area (Å²) in [5.74, 6) is 5.71. The average Bonchev–Trinajstić information content (AvgIpc) is 2.70. The SMILES string of the molecule is Bc1nc(N)c2nc(-c3cccc(C#C[C@@]4(O)CCCN(C)C4=O)c3)ccc2n1. The fourth-order valence-electron chi connectivity index (χ4n) is 3.46. The monoisotopic (exact) mass is 385 g/mol. The van der Waals surface area contributed by atoms with Crippen molar-refractivity contribution in [1.82, 2.24) is 19.9 Å². The number of nitrogen functional groups attached to an aromatic ring is 1. The summed E-state index contributed by atoms with van der Waals surface area (Å²) in [4.78, 5) is 26.9. The molecule has 1 fully saturated rings. The number of piperidine rings is 1. The number of aromatic nitrogens is 3. The van der Waals surface area contributed by atoms with Gasteiger partial charge < -0.3 is 15.7 Å². The number of hydrogen-bond acceptors (Lipinski definition) is 6. The van der Waals surface area contributed by atoms with E-state index >= 15 is 0 Å². The lowest BCUT2D eigenvalue weighted by atomic mass is 9.92. The number of carbonyl (C=O) groups excluding carboxylic acids is 1. The number of likely N-dealkylation sites (tertiary alicyclic amines) is 1. The Labute approximate surface area is 169 Å². The number of hydrogen-bond donors (Lipinski definition) is 2. The van der Waals surface area contributed by atoms with Gasteiger partial charge in [0.25, 0.3) is 5.91 Å². The average molecular weight is 385 g/mol. The quantitative estimate of drug-likeness (QED) is 0.447. The normalized spacial score (nSPS) is 19.1. The molecule has 3 aromatic rings. The molecule has 1 aromatic carbocycles. The molecule has 4 rings (SSSR count). The molecule has 0 saturated carbocycles. The van der Waals surface area contributed by atoms with Gasteiger partial charge in [-0.05, 0) is 37.1 Å². The van der Waals surface area contributed by atoms with E-state index in [0.29, 0.717) is 46.8 Å². The molecular weight excluding hydrogens is 365 g/mol. The fraction of sp³-hybridized carbons (Fsp3) is 0.238. The topological polar surface area (TPSA) is 105 Å². The van der Waals surface area contributed by atoms with Gasteiger partial charge in [0.1, 0.15) is 5.52 Å². The maximum Gasteiger partial charge on any atom is 0.267 e. The van der Waals surface area contributed by atoms with E-state index in [4.69, 9.17) is 5.73 Å². The van der Waals surface area contributed by atoms with Crippen molar-refractivity contribution in [3.63, 3.8) is 0 Å². The van der Waals surface area contributed by atoms with E-state index in [2.05, 4.69) is 26.8 Å². The smallest absolute Gasteiger partial charge is 0.267 e. The second-order valence-electron chi connectivity index (χ2n) is 7.24. The number of anilines is 1. The molecule has 29 heavy (non-hydrogen) atoms. The molecule has 1 atom stereocenters. The van der Waals surface area contributed by atoms with Crippen LogP contribution in [0.25, 0.3) is 22.3 Å². The highest BCUT2D eigenvalue weighted by Gasteiger charge is 2.39. The molecular formula is C21H20BN5O2. The Bertz CT molecular complexity index is 1190. The lowest BCUT2D eigenvalue weighted by Crippen LogP contribution is -2.51. The number of benzene rings is 1. The summed E-state index contributed by atoms with van der Waals surface area (Å²) in [6.45, 7) is 0.637. The van der Waals surface area contributed by atoms with Crippen LogP contribution in [0.4, 0.5) is 5.82 Å². The van der Waals surface area contributed by atoms with E-state index < -0.39 is 5.60 Å². The van der Waals surface area contributed by atoms with Gasteiger partial charge in [-0.2, -0.15) is 0 Å². The first-order valence-corrected chi connectivity index (χ1v) is 9.38. The van der Waals surface area contributed by atoms with Crippen LogP contribution in [-0.4, -0.2) is 57.9 Å². The zero-order valence-corrected chi connectivity index (χ0v) is 16.3. The lowest BCUT2D eigenvalue weighted by molar-refractivity contribution is -0.148. The van der Waals surface area contributed by atoms with Gasteiger partial charge in [0.2, 0.25) is 5.60 Å². The minimum atomic E-state index is -1.63. The van der Waals surface area contributed by atoms with Gasteiger partial charge in [-0.1, -0.05) is 24.0 Å². The number of nitrogens with zero attached hydrogens (tertiary/aromatic N) is 4. The standard InChI is InChI=1S/C21H20BN5O2/c1-27-11-3-9-21(29,19(27)28)10-8-13-4-2-5-14(12-13)15-6-7-16-17(24-15)18(23)26-20(22)25-16/h2,4-7,12,29H,3,9,11,22H2,1H3,(H2,23,25,26)/t21-/m0/s1. The maximum absolute atomic E-state index is 12.3. The highest BCUT2D eigenvalue weighted by atomic mass is 16.3. The highest BCUT2D eigenvalue weighted by Crippen LogP contribution is 2.24. The van der Waals surface area contributed by atoms with E-state index in [9.17, 15) is 9.90 Å². The van der Waals surface area contributed by atoms with Gasteiger partial charge in [-0.3, -0.25) is 4.79 Å². The number of rotatable bonds is 1. The van der Waals surface area contributed by atoms with E-state index in [-0.39, 0.29) is 5.91 Å². The van der Waals surface area contributed by atoms with Gasteiger partial charge in [0.05, 0.1) is 16.9 Å². The van der Waals surface area contributed by atoms with Crippen LogP contribution in [0.2, 0.25) is 0 Å². The molecule has 1 aliphatic heterocycles. The van der Waals surface area contributed by atoms with Crippen LogP contribution in [0.1, 0.15) is 18.4 Å². The van der Waals surface area contributed by atoms with Crippen LogP contribution < -0.4 is 11.5 Å². The van der Waals surface area contributed by atoms with Crippen molar-refractivity contribution in [2.45, 2.75) is 18.4 Å². The van der Waals surface area contributed by atoms with Gasteiger partial charge in [-0.25, -0.2) is 15.0 Å². The Morgan fingerprint density at radius 2 is 2.07 bits per heavy atom. The molecule has 3 heterocycles. The Hall–Kier alpha value is -3.44. The number of amides is 1. The number of fused-ring (bicyclic) bond motifs is 1. The first kappa shape index (κ1) is 18.9. The van der Waals surface area contributed by atoms with Crippen LogP contribution >= 0.6 is 0 Å². The minimum Gasteiger partial charge on any atom is -0.382 e. The zero-order chi connectivity index (χ0) is 20.6. The van der Waals surface area contributed by atoms with Crippen molar-refractivity contribution in [1.29, 1.82) is 0 Å². The van der Waals surface area contributed by atoms with Crippen LogP contribution in [0.15, 0.2) is 36.4 Å². The van der Waals surface area contributed by atoms with Gasteiger partial charge >= 0.3 is 0 Å². The highest BCUT2D eigenvalue weighted by molar-refractivity contribution is 6.29. The van der Waals surface area contributed by atoms with Crippen molar-refractivity contribution in [3.8, 4) is 23.1 Å². The largest absolute Gasteiger partial charge is 0.382 e. The van der Waals surface area contributed by atoms with Crippen LogP contribution in [0.3, 0.4) is 0 Å². The van der Waals surface area contributed by atoms with E-state index in [1.807, 2.05) is 36.4 Å². The first-order chi connectivity index (χ1) is 13.9. The van der Waals surface area contributed by atoms with Gasteiger partial charge in [-0.15, -0.1) is 0 Å². The van der Waals surface area contributed by atoms with Crippen LogP contribution in [-0.2, 0) is 4.79 Å². The fourth-order valence-corrected chi connectivity index (χ4v) is 3.46. The summed E-state index contributed by atoms with van der Waals surface area (Å²) in [7, 11) is 3.46. The molecule has 8 heteroatoms. The molecule has 0 unspecified atom stereocenters. The number of carbonyl (C=O) groups is 1. The molecule has 1 aliphatic rings. The molecule has 1 saturated heterocycles. The van der Waals surface area contributed by atoms with Crippen molar-refractivity contribution in [3.05, 3.63) is 42.0 Å². The number of likely N-dealkylation sites (N-methyl/N-ethyl adjacent to an activating group) is 1. The Balaban J connectivity index is 1.68. The molecule has 0 spiro atoms. The first-order valence-electron chi connectivity index (χ1n) is 9.38. The van der Waals surface area contributed by atoms with Crippen molar-refractivity contribution >= 4 is 36.3 Å². The van der Waals surface area contributed by atoms with Crippen LogP contribution in [0.5, 0.6) is 0 Å². The number of nitrogens with two attached hydrogens (primary N) is 1. The molecule has 0 aliphatic carbocycles. The van der Waals surface area contributed by atoms with Crippen LogP contribution in [0, 0.1) is 11.8 Å². The van der Waals surface area contributed by atoms with E-state index in [0.717, 1.165) is 12.0 Å². The summed E-state index contributed by atoms with van der Waals surface area (Å²) in [6.07, 6.45) is 1.06. The summed E-state index contributed by atoms with van der Waals surface area (Å²) < 4.78 is 0. The third-order valence-corrected chi connectivity index (χ3v) is 4.99. The number of aliphatic hydroxyl groups is 1. The predicted molar refractivity (Wildman–Crippen MR) is 114 cm³/mol. The van der Waals surface area contributed by atoms with Crippen molar-refractivity contribution < 1.29 is 9.90 Å². The molecule has 144 valence electrons. The summed E-state index contributed by atoms with van der Waals surface area (Å²) >= 11 is 0. The summed E-state index contributed by atoms with van der Waals surface area (Å²) in [6, 6.07) is 11.2. The van der Waals surface area contributed by atoms with Crippen molar-refractivity contribution in [2.24, 2.45) is 0 Å². The van der Waals surface area contributed by atoms with Gasteiger partial charge in [0, 0.05) is 24.7 Å². The molecule has 0 radical (unpaired) electrons. The lowest BCUT2D eigenvalue weighted by Gasteiger charge is -2.32. The number of pyridine rings is 1. The van der Waals surface area contributed by atoms with Crippen molar-refractivity contribution in [2.75, 3.05) is 19.3 Å². The molecule has 2 aromatic heterocycles. The van der Waals surface area contributed by atoms with Gasteiger partial charge in [0.15, 0.2) is 13.7 Å². The zero-order valence-electron chi connectivity index (χ0n) is 16.3. The van der Waals surface area contributed by atoms with E-state index in [1.165, 1.54) is 4.90 Å². The summed E-state index contributed by atoms with van der Waals surface area (Å²) in [5, 5.41) is 10.6. The van der Waals surface area contributed by atoms with E-state index in [1.54, 1.807) is 14.9 Å². The Kier molecular flexibility index (Phi) is 4.69. The Morgan fingerprint density at radius 1 is 1.24 bits per heavy atom. The third kappa shape index (κ3) is 3.65. The molecule has 1 amide bonds. The second-order valence-corrected chi connectivity index (χ2v) is 7.24. The molecule has 7 nitrogen and oxygen atoms in total. The Morgan fingerprint density at radius 3 is 2.90 bits per heavy atom. The minimum absolute atomic E-state index is 0.340. The predicted octanol–water partition coefficient (Wildman–Crippen LogP) is -0.133. The second kappa shape index (κ2) is 7.19. The maximum atomic E-state index is 12.3.